The Morgan fingerprint density at radius 2 is 1.88 bits per heavy atom. The number of carbonyl (C=O) groups excluding carboxylic acids is 1. The minimum atomic E-state index is -0.210. The molecule has 0 fully saturated rings. The molecule has 0 aliphatic rings. The summed E-state index contributed by atoms with van der Waals surface area (Å²) in [5, 5.41) is 0. The van der Waals surface area contributed by atoms with E-state index in [1.54, 1.807) is 19.3 Å². The first-order valence-electron chi connectivity index (χ1n) is 5.90. The molecule has 0 spiro atoms. The average Bonchev–Trinajstić information content (AvgIpc) is 2.15. The molecule has 0 N–H and O–H groups in total. The van der Waals surface area contributed by atoms with Gasteiger partial charge < -0.3 is 4.74 Å². The Hall–Kier alpha value is -1.45. The van der Waals surface area contributed by atoms with E-state index in [0.717, 1.165) is 0 Å². The molecule has 94 valence electrons. The lowest BCUT2D eigenvalue weighted by Crippen LogP contribution is -2.18. The number of Topliss-reactive ketones (excluding diaryl/α,β-unsaturated/α-hetero) is 1. The highest BCUT2D eigenvalue weighted by atomic mass is 16.5. The van der Waals surface area contributed by atoms with Gasteiger partial charge in [-0.1, -0.05) is 13.8 Å². The molecule has 1 heterocycles. The Morgan fingerprint density at radius 1 is 1.24 bits per heavy atom. The second-order valence-electron chi connectivity index (χ2n) is 4.78. The van der Waals surface area contributed by atoms with E-state index in [4.69, 9.17) is 4.74 Å². The predicted octanol–water partition coefficient (Wildman–Crippen LogP) is 2.59. The fourth-order valence-corrected chi connectivity index (χ4v) is 1.83. The maximum atomic E-state index is 11.6. The first-order valence-corrected chi connectivity index (χ1v) is 5.90. The number of carbonyl (C=O) groups is 1. The standard InChI is InChI=1S/C13H20N2O2/c1-8(2)13(10(5)16)11-6-14-7-12(15-11)17-9(3)4/h6-9,13H,1-5H3. The highest BCUT2D eigenvalue weighted by Crippen LogP contribution is 2.24. The zero-order valence-corrected chi connectivity index (χ0v) is 11.1. The minimum Gasteiger partial charge on any atom is -0.474 e. The molecule has 1 atom stereocenters. The van der Waals surface area contributed by atoms with Gasteiger partial charge in [0.25, 0.3) is 0 Å². The van der Waals surface area contributed by atoms with Crippen LogP contribution in [-0.2, 0) is 4.79 Å². The van der Waals surface area contributed by atoms with Crippen LogP contribution in [0.3, 0.4) is 0 Å². The molecule has 0 bridgehead atoms. The molecule has 0 aliphatic heterocycles. The van der Waals surface area contributed by atoms with E-state index in [-0.39, 0.29) is 23.7 Å². The van der Waals surface area contributed by atoms with Gasteiger partial charge in [0.05, 0.1) is 23.9 Å². The minimum absolute atomic E-state index is 0.0504. The normalized spacial score (nSPS) is 12.9. The van der Waals surface area contributed by atoms with E-state index in [9.17, 15) is 4.79 Å². The van der Waals surface area contributed by atoms with Crippen molar-refractivity contribution in [2.24, 2.45) is 5.92 Å². The molecule has 1 rings (SSSR count). The summed E-state index contributed by atoms with van der Waals surface area (Å²) in [5.74, 6) is 0.578. The average molecular weight is 236 g/mol. The van der Waals surface area contributed by atoms with Gasteiger partial charge in [-0.3, -0.25) is 9.78 Å². The molecule has 1 aromatic rings. The summed E-state index contributed by atoms with van der Waals surface area (Å²) in [4.78, 5) is 20.0. The number of hydrogen-bond acceptors (Lipinski definition) is 4. The van der Waals surface area contributed by atoms with Crippen LogP contribution in [0.25, 0.3) is 0 Å². The molecular formula is C13H20N2O2. The SMILES string of the molecule is CC(=O)C(c1cncc(OC(C)C)n1)C(C)C. The molecule has 0 radical (unpaired) electrons. The maximum absolute atomic E-state index is 11.6. The lowest BCUT2D eigenvalue weighted by molar-refractivity contribution is -0.119. The van der Waals surface area contributed by atoms with Gasteiger partial charge in [-0.2, -0.15) is 0 Å². The van der Waals surface area contributed by atoms with Crippen molar-refractivity contribution in [3.8, 4) is 5.88 Å². The van der Waals surface area contributed by atoms with E-state index in [1.807, 2.05) is 27.7 Å². The van der Waals surface area contributed by atoms with Crippen LogP contribution in [0.15, 0.2) is 12.4 Å². The van der Waals surface area contributed by atoms with E-state index in [1.165, 1.54) is 0 Å². The Kier molecular flexibility index (Phi) is 4.61. The van der Waals surface area contributed by atoms with Gasteiger partial charge in [-0.05, 0) is 26.7 Å². The summed E-state index contributed by atoms with van der Waals surface area (Å²) < 4.78 is 5.48. The highest BCUT2D eigenvalue weighted by Gasteiger charge is 2.22. The summed E-state index contributed by atoms with van der Waals surface area (Å²) in [6, 6.07) is 0. The molecule has 0 aliphatic carbocycles. The van der Waals surface area contributed by atoms with Crippen molar-refractivity contribution in [2.75, 3.05) is 0 Å². The number of hydrogen-bond donors (Lipinski definition) is 0. The second kappa shape index (κ2) is 5.75. The van der Waals surface area contributed by atoms with Crippen LogP contribution in [0.1, 0.15) is 46.2 Å². The third kappa shape index (κ3) is 3.80. The van der Waals surface area contributed by atoms with Gasteiger partial charge in [-0.15, -0.1) is 0 Å². The van der Waals surface area contributed by atoms with Crippen LogP contribution < -0.4 is 4.74 Å². The molecule has 4 nitrogen and oxygen atoms in total. The topological polar surface area (TPSA) is 52.1 Å². The van der Waals surface area contributed by atoms with Gasteiger partial charge in [0.2, 0.25) is 5.88 Å². The van der Waals surface area contributed by atoms with Crippen molar-refractivity contribution in [1.82, 2.24) is 9.97 Å². The summed E-state index contributed by atoms with van der Waals surface area (Å²) in [6.07, 6.45) is 3.26. The summed E-state index contributed by atoms with van der Waals surface area (Å²) in [7, 11) is 0. The Morgan fingerprint density at radius 3 is 2.35 bits per heavy atom. The van der Waals surface area contributed by atoms with Crippen LogP contribution >= 0.6 is 0 Å². The maximum Gasteiger partial charge on any atom is 0.232 e. The molecule has 1 aromatic heterocycles. The Labute approximate surface area is 102 Å². The van der Waals surface area contributed by atoms with Crippen LogP contribution in [0.4, 0.5) is 0 Å². The molecule has 17 heavy (non-hydrogen) atoms. The fraction of sp³-hybridized carbons (Fsp3) is 0.615. The molecule has 0 amide bonds. The molecular weight excluding hydrogens is 216 g/mol. The zero-order chi connectivity index (χ0) is 13.0. The summed E-state index contributed by atoms with van der Waals surface area (Å²) in [6.45, 7) is 9.45. The van der Waals surface area contributed by atoms with Crippen molar-refractivity contribution in [1.29, 1.82) is 0 Å². The van der Waals surface area contributed by atoms with E-state index in [2.05, 4.69) is 9.97 Å². The smallest absolute Gasteiger partial charge is 0.232 e. The zero-order valence-electron chi connectivity index (χ0n) is 11.1. The molecule has 1 unspecified atom stereocenters. The molecule has 0 aromatic carbocycles. The quantitative estimate of drug-likeness (QED) is 0.788. The van der Waals surface area contributed by atoms with Gasteiger partial charge in [0, 0.05) is 6.20 Å². The monoisotopic (exact) mass is 236 g/mol. The molecule has 0 saturated heterocycles. The fourth-order valence-electron chi connectivity index (χ4n) is 1.83. The lowest BCUT2D eigenvalue weighted by Gasteiger charge is -2.17. The third-order valence-corrected chi connectivity index (χ3v) is 2.41. The lowest BCUT2D eigenvalue weighted by atomic mass is 9.89. The van der Waals surface area contributed by atoms with Crippen LogP contribution in [0, 0.1) is 5.92 Å². The van der Waals surface area contributed by atoms with Crippen LogP contribution in [0.2, 0.25) is 0 Å². The predicted molar refractivity (Wildman–Crippen MR) is 66.1 cm³/mol. The Bertz CT molecular complexity index is 389. The number of rotatable bonds is 5. The van der Waals surface area contributed by atoms with Crippen molar-refractivity contribution >= 4 is 5.78 Å². The van der Waals surface area contributed by atoms with E-state index in [0.29, 0.717) is 11.6 Å². The number of aromatic nitrogens is 2. The number of ether oxygens (including phenoxy) is 1. The van der Waals surface area contributed by atoms with E-state index >= 15 is 0 Å². The number of nitrogens with zero attached hydrogens (tertiary/aromatic N) is 2. The van der Waals surface area contributed by atoms with Crippen molar-refractivity contribution in [3.63, 3.8) is 0 Å². The largest absolute Gasteiger partial charge is 0.474 e. The van der Waals surface area contributed by atoms with Crippen LogP contribution in [0.5, 0.6) is 5.88 Å². The number of ketones is 1. The molecule has 4 heteroatoms. The summed E-state index contributed by atoms with van der Waals surface area (Å²) >= 11 is 0. The van der Waals surface area contributed by atoms with Crippen LogP contribution in [-0.4, -0.2) is 21.9 Å². The van der Waals surface area contributed by atoms with Gasteiger partial charge >= 0.3 is 0 Å². The third-order valence-electron chi connectivity index (χ3n) is 2.41. The van der Waals surface area contributed by atoms with Crippen molar-refractivity contribution < 1.29 is 9.53 Å². The van der Waals surface area contributed by atoms with Gasteiger partial charge in [-0.25, -0.2) is 4.98 Å². The summed E-state index contributed by atoms with van der Waals surface area (Å²) in [5.41, 5.74) is 0.686. The molecule has 0 saturated carbocycles. The second-order valence-corrected chi connectivity index (χ2v) is 4.78. The van der Waals surface area contributed by atoms with Gasteiger partial charge in [0.1, 0.15) is 5.78 Å². The first-order chi connectivity index (χ1) is 7.91. The van der Waals surface area contributed by atoms with Crippen molar-refractivity contribution in [3.05, 3.63) is 18.1 Å². The highest BCUT2D eigenvalue weighted by molar-refractivity contribution is 5.83. The van der Waals surface area contributed by atoms with E-state index < -0.39 is 0 Å². The van der Waals surface area contributed by atoms with Crippen molar-refractivity contribution in [2.45, 2.75) is 46.6 Å². The Balaban J connectivity index is 3.00. The first kappa shape index (κ1) is 13.6. The van der Waals surface area contributed by atoms with Gasteiger partial charge in [0.15, 0.2) is 0 Å².